The monoisotopic (exact) mass is 411 g/mol. The van der Waals surface area contributed by atoms with E-state index in [0.29, 0.717) is 35.1 Å². The molecule has 4 nitrogen and oxygen atoms in total. The first-order chi connectivity index (χ1) is 13.6. The van der Waals surface area contributed by atoms with Crippen LogP contribution in [0.5, 0.6) is 0 Å². The fourth-order valence-corrected chi connectivity index (χ4v) is 3.79. The lowest BCUT2D eigenvalue weighted by Crippen LogP contribution is -2.37. The van der Waals surface area contributed by atoms with Crippen LogP contribution in [-0.4, -0.2) is 27.3 Å². The number of hydrogen-bond donors (Lipinski definition) is 0. The summed E-state index contributed by atoms with van der Waals surface area (Å²) in [6.45, 7) is 3.11. The number of hydrogen-bond acceptors (Lipinski definition) is 3. The molecular weight excluding hydrogens is 393 g/mol. The summed E-state index contributed by atoms with van der Waals surface area (Å²) in [5.74, 6) is 0.743. The van der Waals surface area contributed by atoms with Crippen LogP contribution in [0, 0.1) is 0 Å². The number of nitrogens with zero attached hydrogens (tertiary/aromatic N) is 3. The molecule has 1 aromatic heterocycles. The lowest BCUT2D eigenvalue weighted by Gasteiger charge is -2.30. The Kier molecular flexibility index (Phi) is 5.33. The Morgan fingerprint density at radius 3 is 2.54 bits per heavy atom. The van der Waals surface area contributed by atoms with Gasteiger partial charge in [0.25, 0.3) is 5.91 Å². The zero-order chi connectivity index (χ0) is 19.7. The van der Waals surface area contributed by atoms with Gasteiger partial charge >= 0.3 is 0 Å². The Morgan fingerprint density at radius 2 is 1.82 bits per heavy atom. The van der Waals surface area contributed by atoms with Gasteiger partial charge in [-0.3, -0.25) is 4.79 Å². The first kappa shape index (κ1) is 18.9. The van der Waals surface area contributed by atoms with Crippen LogP contribution in [-0.2, 0) is 19.4 Å². The van der Waals surface area contributed by atoms with Gasteiger partial charge in [-0.15, -0.1) is 0 Å². The van der Waals surface area contributed by atoms with Crippen LogP contribution in [0.3, 0.4) is 0 Å². The quantitative estimate of drug-likeness (QED) is 0.593. The fourth-order valence-electron chi connectivity index (χ4n) is 3.45. The van der Waals surface area contributed by atoms with Crippen LogP contribution in [0.4, 0.5) is 0 Å². The minimum atomic E-state index is -0.0714. The second kappa shape index (κ2) is 7.90. The van der Waals surface area contributed by atoms with Gasteiger partial charge in [0.1, 0.15) is 5.82 Å². The second-order valence-corrected chi connectivity index (χ2v) is 7.57. The first-order valence-corrected chi connectivity index (χ1v) is 10.0. The summed E-state index contributed by atoms with van der Waals surface area (Å²) < 4.78 is 0. The van der Waals surface area contributed by atoms with Crippen molar-refractivity contribution in [2.75, 3.05) is 6.54 Å². The van der Waals surface area contributed by atoms with Crippen LogP contribution < -0.4 is 0 Å². The number of benzene rings is 2. The average Bonchev–Trinajstić information content (AvgIpc) is 2.73. The number of rotatable bonds is 3. The molecule has 0 bridgehead atoms. The van der Waals surface area contributed by atoms with Crippen LogP contribution in [0.15, 0.2) is 48.5 Å². The summed E-state index contributed by atoms with van der Waals surface area (Å²) in [6.07, 6.45) is 1.46. The van der Waals surface area contributed by atoms with Gasteiger partial charge in [-0.1, -0.05) is 54.4 Å². The Labute approximate surface area is 174 Å². The van der Waals surface area contributed by atoms with Gasteiger partial charge in [0, 0.05) is 42.1 Å². The number of carbonyl (C=O) groups is 1. The van der Waals surface area contributed by atoms with E-state index in [1.807, 2.05) is 48.2 Å². The van der Waals surface area contributed by atoms with Crippen molar-refractivity contribution in [1.82, 2.24) is 14.9 Å². The lowest BCUT2D eigenvalue weighted by molar-refractivity contribution is 0.0734. The number of aryl methyl sites for hydroxylation is 1. The highest BCUT2D eigenvalue weighted by Gasteiger charge is 2.27. The smallest absolute Gasteiger partial charge is 0.255 e. The van der Waals surface area contributed by atoms with E-state index < -0.39 is 0 Å². The third-order valence-electron chi connectivity index (χ3n) is 4.93. The zero-order valence-electron chi connectivity index (χ0n) is 15.5. The van der Waals surface area contributed by atoms with Crippen LogP contribution in [0.2, 0.25) is 10.0 Å². The predicted molar refractivity (Wildman–Crippen MR) is 112 cm³/mol. The highest BCUT2D eigenvalue weighted by atomic mass is 35.5. The highest BCUT2D eigenvalue weighted by molar-refractivity contribution is 6.33. The maximum Gasteiger partial charge on any atom is 0.255 e. The predicted octanol–water partition coefficient (Wildman–Crippen LogP) is 5.21. The summed E-state index contributed by atoms with van der Waals surface area (Å²) in [4.78, 5) is 24.3. The van der Waals surface area contributed by atoms with Gasteiger partial charge in [-0.2, -0.15) is 0 Å². The summed E-state index contributed by atoms with van der Waals surface area (Å²) in [7, 11) is 0. The van der Waals surface area contributed by atoms with Crippen LogP contribution in [0.1, 0.15) is 34.4 Å². The van der Waals surface area contributed by atoms with Crippen molar-refractivity contribution in [3.63, 3.8) is 0 Å². The number of halogens is 2. The molecule has 0 N–H and O–H groups in total. The normalized spacial score (nSPS) is 13.3. The molecular formula is C22H19Cl2N3O. The SMILES string of the molecule is CCc1nc2c(c(-c3ccc(Cl)cc3)n1)CN(C(=O)c1ccccc1Cl)CC2. The summed E-state index contributed by atoms with van der Waals surface area (Å²) >= 11 is 12.3. The van der Waals surface area contributed by atoms with Crippen molar-refractivity contribution in [3.05, 3.63) is 81.2 Å². The second-order valence-electron chi connectivity index (χ2n) is 6.73. The highest BCUT2D eigenvalue weighted by Crippen LogP contribution is 2.30. The molecule has 0 fully saturated rings. The third kappa shape index (κ3) is 3.62. The molecule has 3 aromatic rings. The van der Waals surface area contributed by atoms with Gasteiger partial charge in [-0.05, 0) is 24.3 Å². The van der Waals surface area contributed by atoms with Crippen molar-refractivity contribution in [1.29, 1.82) is 0 Å². The van der Waals surface area contributed by atoms with Gasteiger partial charge < -0.3 is 4.90 Å². The molecule has 0 atom stereocenters. The molecule has 28 heavy (non-hydrogen) atoms. The van der Waals surface area contributed by atoms with Crippen molar-refractivity contribution in [2.24, 2.45) is 0 Å². The summed E-state index contributed by atoms with van der Waals surface area (Å²) in [5, 5.41) is 1.15. The number of aromatic nitrogens is 2. The minimum absolute atomic E-state index is 0.0714. The molecule has 142 valence electrons. The molecule has 0 spiro atoms. The Hall–Kier alpha value is -2.43. The molecule has 2 heterocycles. The third-order valence-corrected chi connectivity index (χ3v) is 5.51. The van der Waals surface area contributed by atoms with E-state index in [1.54, 1.807) is 12.1 Å². The van der Waals surface area contributed by atoms with Crippen molar-refractivity contribution in [3.8, 4) is 11.3 Å². The molecule has 1 aliphatic heterocycles. The summed E-state index contributed by atoms with van der Waals surface area (Å²) in [5.41, 5.74) is 4.37. The number of fused-ring (bicyclic) bond motifs is 1. The molecule has 0 saturated carbocycles. The zero-order valence-corrected chi connectivity index (χ0v) is 17.0. The van der Waals surface area contributed by atoms with Gasteiger partial charge in [0.05, 0.1) is 22.0 Å². The minimum Gasteiger partial charge on any atom is -0.334 e. The van der Waals surface area contributed by atoms with E-state index in [0.717, 1.165) is 34.8 Å². The first-order valence-electron chi connectivity index (χ1n) is 9.25. The molecule has 4 rings (SSSR count). The van der Waals surface area contributed by atoms with Gasteiger partial charge in [0.2, 0.25) is 0 Å². The lowest BCUT2D eigenvalue weighted by atomic mass is 9.98. The molecule has 0 aliphatic carbocycles. The maximum absolute atomic E-state index is 13.0. The maximum atomic E-state index is 13.0. The molecule has 1 amide bonds. The molecule has 6 heteroatoms. The fraction of sp³-hybridized carbons (Fsp3) is 0.227. The van der Waals surface area contributed by atoms with E-state index >= 15 is 0 Å². The average molecular weight is 412 g/mol. The molecule has 1 aliphatic rings. The summed E-state index contributed by atoms with van der Waals surface area (Å²) in [6, 6.07) is 14.8. The van der Waals surface area contributed by atoms with E-state index in [9.17, 15) is 4.79 Å². The Balaban J connectivity index is 1.74. The Morgan fingerprint density at radius 1 is 1.07 bits per heavy atom. The standard InChI is InChI=1S/C22H19Cl2N3O/c1-2-20-25-19-11-12-27(22(28)16-5-3-4-6-18(16)24)13-17(19)21(26-20)14-7-9-15(23)10-8-14/h3-10H,2,11-13H2,1H3. The van der Waals surface area contributed by atoms with Crippen LogP contribution >= 0.6 is 23.2 Å². The largest absolute Gasteiger partial charge is 0.334 e. The van der Waals surface area contributed by atoms with E-state index in [4.69, 9.17) is 33.2 Å². The van der Waals surface area contributed by atoms with Crippen molar-refractivity contribution in [2.45, 2.75) is 26.3 Å². The van der Waals surface area contributed by atoms with Crippen LogP contribution in [0.25, 0.3) is 11.3 Å². The number of carbonyl (C=O) groups excluding carboxylic acids is 1. The molecule has 2 aromatic carbocycles. The van der Waals surface area contributed by atoms with Crippen molar-refractivity contribution < 1.29 is 4.79 Å². The van der Waals surface area contributed by atoms with E-state index in [2.05, 4.69) is 0 Å². The Bertz CT molecular complexity index is 1030. The number of amides is 1. The van der Waals surface area contributed by atoms with Gasteiger partial charge in [0.15, 0.2) is 0 Å². The van der Waals surface area contributed by atoms with E-state index in [1.165, 1.54) is 0 Å². The van der Waals surface area contributed by atoms with E-state index in [-0.39, 0.29) is 5.91 Å². The van der Waals surface area contributed by atoms with Crippen molar-refractivity contribution >= 4 is 29.1 Å². The molecule has 0 saturated heterocycles. The van der Waals surface area contributed by atoms with Gasteiger partial charge in [-0.25, -0.2) is 9.97 Å². The topological polar surface area (TPSA) is 46.1 Å². The molecule has 0 unspecified atom stereocenters. The molecule has 0 radical (unpaired) electrons.